The molecule has 2 N–H and O–H groups in total. The van der Waals surface area contributed by atoms with Crippen LogP contribution in [0.2, 0.25) is 0 Å². The molecule has 9 nitrogen and oxygen atoms in total. The molecule has 0 aromatic carbocycles. The SMILES string of the molecule is FC(F)Oc1cc(Nc2cnc3cnn(C(c4ccccn4)C4CC4)c3n2)n[nH]1. The van der Waals surface area contributed by atoms with E-state index in [1.54, 1.807) is 12.4 Å². The van der Waals surface area contributed by atoms with Crippen LogP contribution in [0.15, 0.2) is 42.9 Å². The summed E-state index contributed by atoms with van der Waals surface area (Å²) in [7, 11) is 0. The van der Waals surface area contributed by atoms with E-state index < -0.39 is 6.61 Å². The third kappa shape index (κ3) is 3.58. The highest BCUT2D eigenvalue weighted by Crippen LogP contribution is 2.43. The first-order chi connectivity index (χ1) is 14.2. The van der Waals surface area contributed by atoms with E-state index in [1.165, 1.54) is 12.3 Å². The molecular weight excluding hydrogens is 382 g/mol. The standard InChI is InChI=1S/C18H16F2N8O/c19-18(20)29-15-7-13(26-27-15)24-14-9-22-12-8-23-28(17(12)25-14)16(10-4-5-10)11-3-1-2-6-21-11/h1-3,6-10,16,18H,4-5H2,(H2,24,25,26,27). The number of fused-ring (bicyclic) bond motifs is 1. The molecule has 4 aromatic rings. The summed E-state index contributed by atoms with van der Waals surface area (Å²) in [5, 5.41) is 13.7. The highest BCUT2D eigenvalue weighted by atomic mass is 19.3. The predicted molar refractivity (Wildman–Crippen MR) is 98.9 cm³/mol. The number of hydrogen-bond acceptors (Lipinski definition) is 7. The zero-order valence-corrected chi connectivity index (χ0v) is 15.0. The number of ether oxygens (including phenoxy) is 1. The smallest absolute Gasteiger partial charge is 0.388 e. The van der Waals surface area contributed by atoms with Gasteiger partial charge in [0, 0.05) is 12.3 Å². The average molecular weight is 398 g/mol. The predicted octanol–water partition coefficient (Wildman–Crippen LogP) is 3.29. The number of aromatic amines is 1. The minimum absolute atomic E-state index is 0.0188. The van der Waals surface area contributed by atoms with Gasteiger partial charge in [-0.1, -0.05) is 6.07 Å². The van der Waals surface area contributed by atoms with E-state index in [0.29, 0.717) is 22.9 Å². The Labute approximate surface area is 163 Å². The molecule has 148 valence electrons. The van der Waals surface area contributed by atoms with Crippen LogP contribution >= 0.6 is 0 Å². The molecule has 0 bridgehead atoms. The normalized spacial score (nSPS) is 15.0. The van der Waals surface area contributed by atoms with Crippen molar-refractivity contribution in [2.75, 3.05) is 5.32 Å². The lowest BCUT2D eigenvalue weighted by atomic mass is 10.1. The third-order valence-electron chi connectivity index (χ3n) is 4.65. The molecule has 4 aromatic heterocycles. The Morgan fingerprint density at radius 2 is 2.07 bits per heavy atom. The van der Waals surface area contributed by atoms with Gasteiger partial charge in [0.2, 0.25) is 5.88 Å². The van der Waals surface area contributed by atoms with E-state index in [-0.39, 0.29) is 17.7 Å². The van der Waals surface area contributed by atoms with E-state index >= 15 is 0 Å². The van der Waals surface area contributed by atoms with Crippen LogP contribution in [0.4, 0.5) is 20.4 Å². The second-order valence-corrected chi connectivity index (χ2v) is 6.71. The lowest BCUT2D eigenvalue weighted by Gasteiger charge is -2.17. The maximum Gasteiger partial charge on any atom is 0.388 e. The van der Waals surface area contributed by atoms with Gasteiger partial charge in [0.1, 0.15) is 5.52 Å². The van der Waals surface area contributed by atoms with Crippen LogP contribution in [-0.4, -0.2) is 41.5 Å². The molecule has 29 heavy (non-hydrogen) atoms. The molecule has 4 heterocycles. The molecule has 0 saturated heterocycles. The lowest BCUT2D eigenvalue weighted by molar-refractivity contribution is -0.0528. The second kappa shape index (κ2) is 7.08. The Kier molecular flexibility index (Phi) is 4.26. The van der Waals surface area contributed by atoms with Crippen molar-refractivity contribution in [1.82, 2.24) is 34.9 Å². The molecule has 5 rings (SSSR count). The number of hydrogen-bond donors (Lipinski definition) is 2. The summed E-state index contributed by atoms with van der Waals surface area (Å²) < 4.78 is 30.7. The van der Waals surface area contributed by atoms with Crippen molar-refractivity contribution in [1.29, 1.82) is 0 Å². The average Bonchev–Trinajstić information content (AvgIpc) is 3.32. The second-order valence-electron chi connectivity index (χ2n) is 6.71. The molecule has 1 saturated carbocycles. The third-order valence-corrected chi connectivity index (χ3v) is 4.65. The monoisotopic (exact) mass is 398 g/mol. The minimum Gasteiger partial charge on any atom is -0.417 e. The fourth-order valence-corrected chi connectivity index (χ4v) is 3.27. The Hall–Kier alpha value is -3.63. The zero-order chi connectivity index (χ0) is 19.8. The molecule has 11 heteroatoms. The summed E-state index contributed by atoms with van der Waals surface area (Å²) in [6.07, 6.45) is 7.19. The van der Waals surface area contributed by atoms with Gasteiger partial charge < -0.3 is 10.1 Å². The number of pyridine rings is 1. The molecule has 0 radical (unpaired) electrons. The molecule has 0 spiro atoms. The van der Waals surface area contributed by atoms with E-state index in [9.17, 15) is 8.78 Å². The van der Waals surface area contributed by atoms with Crippen molar-refractivity contribution in [3.05, 3.63) is 48.5 Å². The number of aromatic nitrogens is 7. The molecule has 0 aliphatic heterocycles. The van der Waals surface area contributed by atoms with E-state index in [1.807, 2.05) is 22.9 Å². The first kappa shape index (κ1) is 17.5. The van der Waals surface area contributed by atoms with Gasteiger partial charge in [-0.05, 0) is 30.9 Å². The Morgan fingerprint density at radius 3 is 2.83 bits per heavy atom. The number of alkyl halides is 2. The van der Waals surface area contributed by atoms with Gasteiger partial charge in [0.05, 0.1) is 24.1 Å². The van der Waals surface area contributed by atoms with Crippen molar-refractivity contribution in [2.45, 2.75) is 25.5 Å². The number of nitrogens with zero attached hydrogens (tertiary/aromatic N) is 6. The molecule has 1 atom stereocenters. The largest absolute Gasteiger partial charge is 0.417 e. The molecule has 1 unspecified atom stereocenters. The van der Waals surface area contributed by atoms with Crippen LogP contribution in [0, 0.1) is 5.92 Å². The summed E-state index contributed by atoms with van der Waals surface area (Å²) >= 11 is 0. The summed E-state index contributed by atoms with van der Waals surface area (Å²) in [4.78, 5) is 13.5. The van der Waals surface area contributed by atoms with Gasteiger partial charge in [-0.15, -0.1) is 0 Å². The van der Waals surface area contributed by atoms with Crippen LogP contribution < -0.4 is 10.1 Å². The number of anilines is 2. The van der Waals surface area contributed by atoms with Gasteiger partial charge in [-0.2, -0.15) is 19.0 Å². The number of H-pyrrole nitrogens is 1. The Balaban J connectivity index is 1.46. The van der Waals surface area contributed by atoms with Crippen LogP contribution in [0.3, 0.4) is 0 Å². The summed E-state index contributed by atoms with van der Waals surface area (Å²) in [5.41, 5.74) is 2.19. The summed E-state index contributed by atoms with van der Waals surface area (Å²) in [5.74, 6) is 0.992. The first-order valence-electron chi connectivity index (χ1n) is 9.06. The molecule has 1 fully saturated rings. The quantitative estimate of drug-likeness (QED) is 0.492. The summed E-state index contributed by atoms with van der Waals surface area (Å²) in [6.45, 7) is -2.93. The lowest BCUT2D eigenvalue weighted by Crippen LogP contribution is -2.16. The summed E-state index contributed by atoms with van der Waals surface area (Å²) in [6, 6.07) is 7.12. The van der Waals surface area contributed by atoms with Crippen LogP contribution in [0.5, 0.6) is 5.88 Å². The van der Waals surface area contributed by atoms with Crippen LogP contribution in [0.1, 0.15) is 24.6 Å². The van der Waals surface area contributed by atoms with Crippen molar-refractivity contribution in [3.8, 4) is 5.88 Å². The number of nitrogens with one attached hydrogen (secondary N) is 2. The van der Waals surface area contributed by atoms with Gasteiger partial charge >= 0.3 is 6.61 Å². The van der Waals surface area contributed by atoms with Crippen molar-refractivity contribution in [3.63, 3.8) is 0 Å². The minimum atomic E-state index is -2.93. The van der Waals surface area contributed by atoms with Crippen LogP contribution in [0.25, 0.3) is 11.2 Å². The molecule has 1 aliphatic rings. The molecule has 1 aliphatic carbocycles. The highest BCUT2D eigenvalue weighted by Gasteiger charge is 2.36. The fraction of sp³-hybridized carbons (Fsp3) is 0.278. The van der Waals surface area contributed by atoms with Gasteiger partial charge in [-0.3, -0.25) is 4.98 Å². The molecular formula is C18H16F2N8O. The number of halogens is 2. The van der Waals surface area contributed by atoms with Gasteiger partial charge in [-0.25, -0.2) is 19.7 Å². The fourth-order valence-electron chi connectivity index (χ4n) is 3.27. The zero-order valence-electron chi connectivity index (χ0n) is 15.0. The highest BCUT2D eigenvalue weighted by molar-refractivity contribution is 5.72. The van der Waals surface area contributed by atoms with Crippen LogP contribution in [-0.2, 0) is 0 Å². The number of rotatable bonds is 7. The Morgan fingerprint density at radius 1 is 1.17 bits per heavy atom. The van der Waals surface area contributed by atoms with Crippen molar-refractivity contribution < 1.29 is 13.5 Å². The maximum absolute atomic E-state index is 12.3. The van der Waals surface area contributed by atoms with Gasteiger partial charge in [0.15, 0.2) is 17.3 Å². The Bertz CT molecular complexity index is 1130. The van der Waals surface area contributed by atoms with E-state index in [0.717, 1.165) is 18.5 Å². The first-order valence-corrected chi connectivity index (χ1v) is 9.06. The van der Waals surface area contributed by atoms with E-state index in [2.05, 4.69) is 40.3 Å². The van der Waals surface area contributed by atoms with Crippen molar-refractivity contribution >= 4 is 22.8 Å². The van der Waals surface area contributed by atoms with Gasteiger partial charge in [0.25, 0.3) is 0 Å². The molecule has 0 amide bonds. The maximum atomic E-state index is 12.3. The van der Waals surface area contributed by atoms with E-state index in [4.69, 9.17) is 0 Å². The van der Waals surface area contributed by atoms with Crippen molar-refractivity contribution in [2.24, 2.45) is 5.92 Å². The topological polar surface area (TPSA) is 106 Å².